The quantitative estimate of drug-likeness (QED) is 0.371. The standard InChI is InChI=1S/C20H14N4.Al.H2N/c1-2-14-10-16-5-6-18(23-16)12-20-8-7-19(24-20)11-17-4-3-15(22-17)9-13(1)21-14;;/h1-12,21-22H;;1H2/q;+1;-1. The first-order valence-electron chi connectivity index (χ1n) is 8.18. The predicted octanol–water partition coefficient (Wildman–Crippen LogP) is 3.68. The van der Waals surface area contributed by atoms with Crippen LogP contribution in [0.4, 0.5) is 0 Å². The molecule has 0 amide bonds. The minimum atomic E-state index is 0.915. The fourth-order valence-electron chi connectivity index (χ4n) is 2.94. The van der Waals surface area contributed by atoms with Crippen LogP contribution in [0.3, 0.4) is 0 Å². The zero-order chi connectivity index (χ0) is 17.9. The van der Waals surface area contributed by atoms with Crippen molar-refractivity contribution in [3.05, 3.63) is 71.3 Å². The van der Waals surface area contributed by atoms with Crippen molar-refractivity contribution in [1.29, 1.82) is 0 Å². The molecule has 0 aromatic carbocycles. The molecule has 0 saturated heterocycles. The number of rotatable bonds is 0. The van der Waals surface area contributed by atoms with Crippen LogP contribution in [0.25, 0.3) is 46.4 Å². The number of aromatic nitrogens is 4. The number of nitrogens with zero attached hydrogens (tertiary/aromatic N) is 2. The van der Waals surface area contributed by atoms with Gasteiger partial charge in [-0.25, -0.2) is 9.97 Å². The van der Waals surface area contributed by atoms with Crippen LogP contribution in [-0.4, -0.2) is 36.4 Å². The van der Waals surface area contributed by atoms with E-state index in [1.165, 1.54) is 0 Å². The van der Waals surface area contributed by atoms with Gasteiger partial charge in [0.15, 0.2) is 0 Å². The molecule has 0 aliphatic carbocycles. The van der Waals surface area contributed by atoms with E-state index in [1.807, 2.05) is 59.0 Å². The van der Waals surface area contributed by atoms with E-state index in [0.29, 0.717) is 0 Å². The second-order valence-electron chi connectivity index (χ2n) is 5.91. The third-order valence-electron chi connectivity index (χ3n) is 4.04. The highest BCUT2D eigenvalue weighted by molar-refractivity contribution is 6.02. The molecule has 5 heterocycles. The summed E-state index contributed by atoms with van der Waals surface area (Å²) in [5, 5.41) is 0. The maximum Gasteiger partial charge on any atom is 0.247 e. The van der Waals surface area contributed by atoms with Crippen molar-refractivity contribution in [2.45, 2.75) is 0 Å². The van der Waals surface area contributed by atoms with E-state index in [2.05, 4.69) is 55.0 Å². The molecule has 124 valence electrons. The van der Waals surface area contributed by atoms with Crippen LogP contribution in [0.1, 0.15) is 22.8 Å². The normalized spacial score (nSPS) is 11.9. The maximum absolute atomic E-state index is 4.62. The molecule has 0 fully saturated rings. The summed E-state index contributed by atoms with van der Waals surface area (Å²) in [7, 11) is 0. The van der Waals surface area contributed by atoms with Crippen molar-refractivity contribution in [2.75, 3.05) is 0 Å². The van der Waals surface area contributed by atoms with Gasteiger partial charge in [-0.05, 0) is 72.8 Å². The average Bonchev–Trinajstić information content (AvgIpc) is 3.42. The van der Waals surface area contributed by atoms with Gasteiger partial charge in [0.25, 0.3) is 0 Å². The van der Waals surface area contributed by atoms with Gasteiger partial charge in [0.1, 0.15) is 0 Å². The number of nitrogens with one attached hydrogen (secondary N) is 2. The third kappa shape index (κ3) is 3.53. The Bertz CT molecular complexity index is 1080. The molecule has 8 bridgehead atoms. The first-order valence-corrected chi connectivity index (χ1v) is 8.85. The van der Waals surface area contributed by atoms with Crippen LogP contribution in [-0.2, 0) is 0 Å². The van der Waals surface area contributed by atoms with Gasteiger partial charge in [-0.15, -0.1) is 0 Å². The van der Waals surface area contributed by atoms with Gasteiger partial charge < -0.3 is 14.7 Å². The Kier molecular flexibility index (Phi) is 4.55. The summed E-state index contributed by atoms with van der Waals surface area (Å²) in [6.45, 7) is 0. The summed E-state index contributed by atoms with van der Waals surface area (Å²) in [6, 6.07) is 16.4. The summed E-state index contributed by atoms with van der Waals surface area (Å²) in [5.41, 5.74) is 7.86. The molecule has 2 aliphatic rings. The van der Waals surface area contributed by atoms with Crippen molar-refractivity contribution in [3.63, 3.8) is 0 Å². The molecule has 0 unspecified atom stereocenters. The van der Waals surface area contributed by atoms with E-state index < -0.39 is 0 Å². The van der Waals surface area contributed by atoms with Gasteiger partial charge >= 0.3 is 0 Å². The second kappa shape index (κ2) is 7.14. The minimum Gasteiger partial charge on any atom is -0.428 e. The van der Waals surface area contributed by atoms with E-state index in [-0.39, 0.29) is 0 Å². The Hall–Kier alpha value is -2.91. The topological polar surface area (TPSA) is 83.4 Å². The van der Waals surface area contributed by atoms with Crippen molar-refractivity contribution >= 4 is 62.9 Å². The lowest BCUT2D eigenvalue weighted by Crippen LogP contribution is -1.77. The summed E-state index contributed by atoms with van der Waals surface area (Å²) in [4.78, 5) is 16.0. The molecule has 2 radical (unpaired) electrons. The van der Waals surface area contributed by atoms with Crippen LogP contribution in [0, 0.1) is 0 Å². The molecule has 0 atom stereocenters. The van der Waals surface area contributed by atoms with Crippen molar-refractivity contribution < 1.29 is 0 Å². The van der Waals surface area contributed by atoms with E-state index in [1.54, 1.807) is 0 Å². The Morgan fingerprint density at radius 2 is 0.885 bits per heavy atom. The first kappa shape index (κ1) is 16.6. The first-order chi connectivity index (χ1) is 12.8. The van der Waals surface area contributed by atoms with Crippen LogP contribution in [0.2, 0.25) is 0 Å². The minimum absolute atomic E-state index is 0.915. The molecule has 4 N–H and O–H groups in total. The molecule has 26 heavy (non-hydrogen) atoms. The average molecular weight is 353 g/mol. The second-order valence-corrected chi connectivity index (χ2v) is 5.91. The Morgan fingerprint density at radius 3 is 1.31 bits per heavy atom. The van der Waals surface area contributed by atoms with Crippen molar-refractivity contribution in [1.82, 2.24) is 19.9 Å². The van der Waals surface area contributed by atoms with E-state index in [0.717, 1.165) is 44.8 Å². The number of fused-ring (bicyclic) bond motifs is 8. The highest BCUT2D eigenvalue weighted by Crippen LogP contribution is 2.17. The zero-order valence-corrected chi connectivity index (χ0v) is 15.1. The Morgan fingerprint density at radius 1 is 0.538 bits per heavy atom. The molecule has 3 aromatic heterocycles. The largest absolute Gasteiger partial charge is 0.428 e. The van der Waals surface area contributed by atoms with Crippen LogP contribution >= 0.6 is 0 Å². The molecule has 5 rings (SSSR count). The van der Waals surface area contributed by atoms with Crippen LogP contribution < -0.4 is 4.72 Å². The highest BCUT2D eigenvalue weighted by Gasteiger charge is 2.02. The number of hydrogen-bond acceptors (Lipinski definition) is 3. The molecule has 3 aromatic rings. The van der Waals surface area contributed by atoms with Gasteiger partial charge in [-0.2, -0.15) is 0 Å². The van der Waals surface area contributed by atoms with E-state index >= 15 is 0 Å². The number of nitrogens with two attached hydrogens (primary N) is 1. The lowest BCUT2D eigenvalue weighted by Gasteiger charge is -1.86. The van der Waals surface area contributed by atoms with E-state index in [4.69, 9.17) is 0 Å². The van der Waals surface area contributed by atoms with Gasteiger partial charge in [0, 0.05) is 22.1 Å². The number of H-pyrrole nitrogens is 2. The molecule has 6 heteroatoms. The van der Waals surface area contributed by atoms with E-state index in [9.17, 15) is 0 Å². The number of hydrogen-bond donors (Lipinski definition) is 3. The van der Waals surface area contributed by atoms with Gasteiger partial charge in [-0.1, -0.05) is 0 Å². The summed E-state index contributed by atoms with van der Waals surface area (Å²) < 4.78 is 4.42. The highest BCUT2D eigenvalue weighted by atomic mass is 27.1. The smallest absolute Gasteiger partial charge is 0.247 e. The zero-order valence-electron chi connectivity index (χ0n) is 14.0. The SMILES string of the molecule is C1=Cc2cc3ccc(cc4ccc(cc5nc(cc1n2)C=C5)[nH]4)[nH]3.[NH2][Al]. The molecule has 2 aliphatic heterocycles. The fraction of sp³-hybridized carbons (Fsp3) is 0. The lowest BCUT2D eigenvalue weighted by atomic mass is 10.3. The molecular formula is C20H16AlN5. The Labute approximate surface area is 159 Å². The van der Waals surface area contributed by atoms with Crippen LogP contribution in [0.15, 0.2) is 48.5 Å². The summed E-state index contributed by atoms with van der Waals surface area (Å²) in [6.07, 6.45) is 8.05. The number of aromatic amines is 2. The van der Waals surface area contributed by atoms with Gasteiger partial charge in [0.05, 0.1) is 22.8 Å². The monoisotopic (exact) mass is 353 g/mol. The summed E-state index contributed by atoms with van der Waals surface area (Å²) in [5.74, 6) is 0. The predicted molar refractivity (Wildman–Crippen MR) is 109 cm³/mol. The van der Waals surface area contributed by atoms with Gasteiger partial charge in [-0.3, -0.25) is 0 Å². The van der Waals surface area contributed by atoms with Crippen LogP contribution in [0.5, 0.6) is 0 Å². The van der Waals surface area contributed by atoms with Crippen molar-refractivity contribution in [2.24, 2.45) is 4.72 Å². The molecular weight excluding hydrogens is 337 g/mol. The Balaban J connectivity index is 0.000000814. The maximum atomic E-state index is 4.62. The van der Waals surface area contributed by atoms with Crippen molar-refractivity contribution in [3.8, 4) is 0 Å². The van der Waals surface area contributed by atoms with Gasteiger partial charge in [0.2, 0.25) is 16.5 Å². The molecule has 0 spiro atoms. The summed E-state index contributed by atoms with van der Waals surface area (Å²) >= 11 is 1.92. The third-order valence-corrected chi connectivity index (χ3v) is 4.04. The molecule has 5 nitrogen and oxygen atoms in total. The fourth-order valence-corrected chi connectivity index (χ4v) is 2.94. The lowest BCUT2D eigenvalue weighted by molar-refractivity contribution is 1.28. The molecule has 0 saturated carbocycles.